The van der Waals surface area contributed by atoms with Crippen molar-refractivity contribution < 1.29 is 23.7 Å². The van der Waals surface area contributed by atoms with Crippen LogP contribution >= 0.6 is 11.8 Å². The minimum Gasteiger partial charge on any atom is -0.493 e. The molecular weight excluding hydrogens is 504 g/mol. The first-order chi connectivity index (χ1) is 18.5. The maximum Gasteiger partial charge on any atom is 0.205 e. The molecule has 198 valence electrons. The van der Waals surface area contributed by atoms with E-state index in [1.165, 1.54) is 11.8 Å². The number of anilines is 1. The first kappa shape index (κ1) is 25.7. The molecule has 2 aliphatic heterocycles. The summed E-state index contributed by atoms with van der Waals surface area (Å²) in [7, 11) is 4.65. The number of amidine groups is 1. The van der Waals surface area contributed by atoms with Gasteiger partial charge in [0.2, 0.25) is 11.6 Å². The topological polar surface area (TPSA) is 112 Å². The van der Waals surface area contributed by atoms with E-state index >= 15 is 0 Å². The molecule has 5 rings (SSSR count). The normalized spacial score (nSPS) is 20.6. The van der Waals surface area contributed by atoms with Crippen LogP contribution in [0.1, 0.15) is 17.2 Å². The number of benzene rings is 3. The smallest absolute Gasteiger partial charge is 0.205 e. The highest BCUT2D eigenvalue weighted by atomic mass is 32.2. The Labute approximate surface area is 226 Å². The van der Waals surface area contributed by atoms with E-state index in [0.717, 1.165) is 16.9 Å². The Bertz CT molecular complexity index is 1290. The van der Waals surface area contributed by atoms with Crippen LogP contribution in [-0.2, 0) is 11.3 Å². The first-order valence-electron chi connectivity index (χ1n) is 12.1. The summed E-state index contributed by atoms with van der Waals surface area (Å²) in [6.07, 6.45) is 0. The molecule has 0 bridgehead atoms. The van der Waals surface area contributed by atoms with Crippen LogP contribution in [0.5, 0.6) is 23.0 Å². The van der Waals surface area contributed by atoms with Gasteiger partial charge in [-0.25, -0.2) is 4.99 Å². The fourth-order valence-corrected chi connectivity index (χ4v) is 5.55. The Kier molecular flexibility index (Phi) is 7.62. The molecule has 3 aromatic rings. The van der Waals surface area contributed by atoms with Crippen molar-refractivity contribution in [1.82, 2.24) is 0 Å². The van der Waals surface area contributed by atoms with Crippen molar-refractivity contribution in [3.8, 4) is 23.0 Å². The van der Waals surface area contributed by atoms with Crippen LogP contribution in [0.3, 0.4) is 0 Å². The molecule has 3 unspecified atom stereocenters. The summed E-state index contributed by atoms with van der Waals surface area (Å²) < 4.78 is 28.2. The Morgan fingerprint density at radius 3 is 2.32 bits per heavy atom. The second kappa shape index (κ2) is 11.2. The summed E-state index contributed by atoms with van der Waals surface area (Å²) in [5.74, 6) is 3.02. The average molecular weight is 535 g/mol. The second-order valence-corrected chi connectivity index (χ2v) is 9.91. The quantitative estimate of drug-likeness (QED) is 0.410. The van der Waals surface area contributed by atoms with Crippen LogP contribution in [0, 0.1) is 5.41 Å². The summed E-state index contributed by atoms with van der Waals surface area (Å²) in [4.78, 5) is 6.53. The van der Waals surface area contributed by atoms with Crippen molar-refractivity contribution >= 4 is 29.2 Å². The number of rotatable bonds is 9. The van der Waals surface area contributed by atoms with E-state index in [1.807, 2.05) is 54.6 Å². The molecule has 3 atom stereocenters. The Hall–Kier alpha value is -3.89. The van der Waals surface area contributed by atoms with Gasteiger partial charge in [-0.3, -0.25) is 5.41 Å². The van der Waals surface area contributed by atoms with E-state index in [-0.39, 0.29) is 11.9 Å². The summed E-state index contributed by atoms with van der Waals surface area (Å²) >= 11 is 1.41. The van der Waals surface area contributed by atoms with Crippen molar-refractivity contribution in [2.75, 3.05) is 32.8 Å². The van der Waals surface area contributed by atoms with Crippen LogP contribution in [0.2, 0.25) is 0 Å². The summed E-state index contributed by atoms with van der Waals surface area (Å²) in [5, 5.41) is 8.47. The number of nitrogens with one attached hydrogen (secondary N) is 1. The van der Waals surface area contributed by atoms with Gasteiger partial charge >= 0.3 is 0 Å². The fourth-order valence-electron chi connectivity index (χ4n) is 4.43. The SMILES string of the molecule is COc1cc(N2C(=N)C(C3=NC(c4ccc(OCc5ccccc5)cc4)CO3)SC2N)cc(OC)c1OC. The number of thioether (sulfide) groups is 1. The summed E-state index contributed by atoms with van der Waals surface area (Å²) in [6, 6.07) is 21.3. The Morgan fingerprint density at radius 2 is 1.68 bits per heavy atom. The third kappa shape index (κ3) is 5.09. The monoisotopic (exact) mass is 534 g/mol. The largest absolute Gasteiger partial charge is 0.493 e. The predicted octanol–water partition coefficient (Wildman–Crippen LogP) is 4.60. The highest BCUT2D eigenvalue weighted by Gasteiger charge is 2.43. The molecule has 2 heterocycles. The minimum absolute atomic E-state index is 0.159. The number of hydrogen-bond donors (Lipinski definition) is 2. The van der Waals surface area contributed by atoms with E-state index in [0.29, 0.717) is 42.0 Å². The van der Waals surface area contributed by atoms with E-state index in [4.69, 9.17) is 39.8 Å². The second-order valence-electron chi connectivity index (χ2n) is 8.68. The van der Waals surface area contributed by atoms with Crippen LogP contribution in [-0.4, -0.2) is 50.4 Å². The van der Waals surface area contributed by atoms with Gasteiger partial charge < -0.3 is 34.3 Å². The van der Waals surface area contributed by atoms with Gasteiger partial charge in [0.1, 0.15) is 41.6 Å². The molecule has 38 heavy (non-hydrogen) atoms. The van der Waals surface area contributed by atoms with Gasteiger partial charge in [-0.1, -0.05) is 54.2 Å². The Balaban J connectivity index is 1.29. The van der Waals surface area contributed by atoms with Crippen LogP contribution in [0.15, 0.2) is 71.7 Å². The zero-order chi connectivity index (χ0) is 26.6. The van der Waals surface area contributed by atoms with Gasteiger partial charge in [0.15, 0.2) is 11.5 Å². The fraction of sp³-hybridized carbons (Fsp3) is 0.286. The third-order valence-corrected chi connectivity index (χ3v) is 7.56. The van der Waals surface area contributed by atoms with Crippen molar-refractivity contribution in [3.05, 3.63) is 77.9 Å². The lowest BCUT2D eigenvalue weighted by molar-refractivity contribution is 0.305. The highest BCUT2D eigenvalue weighted by Crippen LogP contribution is 2.44. The molecular formula is C28H30N4O5S. The van der Waals surface area contributed by atoms with Gasteiger partial charge in [-0.15, -0.1) is 0 Å². The van der Waals surface area contributed by atoms with E-state index < -0.39 is 10.7 Å². The molecule has 1 saturated heterocycles. The minimum atomic E-state index is -0.512. The number of ether oxygens (including phenoxy) is 5. The van der Waals surface area contributed by atoms with E-state index in [9.17, 15) is 0 Å². The molecule has 0 aromatic heterocycles. The number of nitrogens with zero attached hydrogens (tertiary/aromatic N) is 2. The molecule has 10 heteroatoms. The van der Waals surface area contributed by atoms with Crippen LogP contribution in [0.4, 0.5) is 5.69 Å². The molecule has 0 spiro atoms. The van der Waals surface area contributed by atoms with E-state index in [2.05, 4.69) is 0 Å². The molecule has 0 radical (unpaired) electrons. The highest BCUT2D eigenvalue weighted by molar-refractivity contribution is 8.02. The lowest BCUT2D eigenvalue weighted by Crippen LogP contribution is -2.40. The maximum absolute atomic E-state index is 8.90. The molecule has 3 N–H and O–H groups in total. The van der Waals surface area contributed by atoms with Crippen molar-refractivity contribution in [2.24, 2.45) is 10.7 Å². The van der Waals surface area contributed by atoms with Crippen LogP contribution < -0.4 is 29.6 Å². The Morgan fingerprint density at radius 1 is 1.00 bits per heavy atom. The molecule has 1 fully saturated rings. The average Bonchev–Trinajstić information content (AvgIpc) is 3.56. The lowest BCUT2D eigenvalue weighted by Gasteiger charge is -2.24. The molecule has 9 nitrogen and oxygen atoms in total. The lowest BCUT2D eigenvalue weighted by atomic mass is 10.1. The van der Waals surface area contributed by atoms with Crippen molar-refractivity contribution in [1.29, 1.82) is 5.41 Å². The standard InChI is InChI=1S/C28H30N4O5S/c1-33-22-13-19(14-23(34-2)24(22)35-3)32-26(29)25(38-28(32)30)27-31-21(16-37-27)18-9-11-20(12-10-18)36-15-17-7-5-4-6-8-17/h4-14,21,25,28-29H,15-16,30H2,1-3H3. The molecule has 3 aromatic carbocycles. The summed E-state index contributed by atoms with van der Waals surface area (Å²) in [6.45, 7) is 0.919. The summed E-state index contributed by atoms with van der Waals surface area (Å²) in [5.41, 5.74) is 8.74. The molecule has 0 aliphatic carbocycles. The number of aliphatic imine (C=N–C) groups is 1. The van der Waals surface area contributed by atoms with Gasteiger partial charge in [-0.2, -0.15) is 0 Å². The molecule has 0 amide bonds. The maximum atomic E-state index is 8.90. The number of methoxy groups -OCH3 is 3. The van der Waals surface area contributed by atoms with Crippen molar-refractivity contribution in [3.63, 3.8) is 0 Å². The first-order valence-corrected chi connectivity index (χ1v) is 13.0. The van der Waals surface area contributed by atoms with Gasteiger partial charge in [0.25, 0.3) is 0 Å². The van der Waals surface area contributed by atoms with Gasteiger partial charge in [0, 0.05) is 12.1 Å². The zero-order valence-electron chi connectivity index (χ0n) is 21.4. The van der Waals surface area contributed by atoms with Crippen LogP contribution in [0.25, 0.3) is 0 Å². The number of nitrogens with two attached hydrogens (primary N) is 1. The third-order valence-electron chi connectivity index (χ3n) is 6.38. The molecule has 0 saturated carbocycles. The number of hydrogen-bond acceptors (Lipinski definition) is 9. The predicted molar refractivity (Wildman–Crippen MR) is 149 cm³/mol. The zero-order valence-corrected chi connectivity index (χ0v) is 22.2. The molecule has 2 aliphatic rings. The van der Waals surface area contributed by atoms with Gasteiger partial charge in [0.05, 0.1) is 27.0 Å². The van der Waals surface area contributed by atoms with Crippen molar-refractivity contribution in [2.45, 2.75) is 23.4 Å². The van der Waals surface area contributed by atoms with E-state index in [1.54, 1.807) is 38.4 Å². The van der Waals surface area contributed by atoms with Gasteiger partial charge in [-0.05, 0) is 23.3 Å².